The van der Waals surface area contributed by atoms with Crippen molar-refractivity contribution in [2.24, 2.45) is 11.8 Å². The third-order valence-corrected chi connectivity index (χ3v) is 5.80. The van der Waals surface area contributed by atoms with Crippen LogP contribution >= 0.6 is 0 Å². The molecular weight excluding hydrogens is 356 g/mol. The fraction of sp³-hybridized carbons (Fsp3) is 0.609. The van der Waals surface area contributed by atoms with E-state index in [2.05, 4.69) is 12.1 Å². The van der Waals surface area contributed by atoms with Crippen molar-refractivity contribution in [1.82, 2.24) is 0 Å². The van der Waals surface area contributed by atoms with Crippen LogP contribution in [0.1, 0.15) is 56.9 Å². The summed E-state index contributed by atoms with van der Waals surface area (Å²) in [6.45, 7) is 0. The molecule has 0 saturated heterocycles. The Labute approximate surface area is 167 Å². The van der Waals surface area contributed by atoms with Crippen LogP contribution in [0.5, 0.6) is 0 Å². The number of carboxylic acids is 1. The predicted molar refractivity (Wildman–Crippen MR) is 109 cm³/mol. The largest absolute Gasteiger partial charge is 0.481 e. The summed E-state index contributed by atoms with van der Waals surface area (Å²) in [5.74, 6) is -0.800. The lowest BCUT2D eigenvalue weighted by Gasteiger charge is -2.23. The highest BCUT2D eigenvalue weighted by Crippen LogP contribution is 2.38. The number of allylic oxidation sites excluding steroid dienone is 2. The summed E-state index contributed by atoms with van der Waals surface area (Å²) in [6.07, 6.45) is 7.91. The summed E-state index contributed by atoms with van der Waals surface area (Å²) in [7, 11) is 0. The minimum absolute atomic E-state index is 0.00736. The van der Waals surface area contributed by atoms with Gasteiger partial charge in [-0.1, -0.05) is 42.5 Å². The van der Waals surface area contributed by atoms with Crippen molar-refractivity contribution in [3.63, 3.8) is 0 Å². The summed E-state index contributed by atoms with van der Waals surface area (Å²) in [5, 5.41) is 39.6. The highest BCUT2D eigenvalue weighted by atomic mass is 16.4. The Balaban J connectivity index is 1.74. The monoisotopic (exact) mass is 390 g/mol. The number of hydrogen-bond donors (Lipinski definition) is 4. The number of rotatable bonds is 12. The summed E-state index contributed by atoms with van der Waals surface area (Å²) in [6, 6.07) is 10.1. The number of benzene rings is 1. The SMILES string of the molecule is O=C(O)CCCC=CC[C@@H]1[C@H](CCC(O)CCc2ccccc2)[C@H](O)C[C@@H]1O. The van der Waals surface area contributed by atoms with Gasteiger partial charge in [0.2, 0.25) is 0 Å². The molecule has 1 unspecified atom stereocenters. The average Bonchev–Trinajstić information content (AvgIpc) is 2.94. The Morgan fingerprint density at radius 2 is 1.79 bits per heavy atom. The van der Waals surface area contributed by atoms with Crippen LogP contribution in [0.25, 0.3) is 0 Å². The van der Waals surface area contributed by atoms with E-state index in [0.717, 1.165) is 6.42 Å². The van der Waals surface area contributed by atoms with E-state index in [4.69, 9.17) is 5.11 Å². The van der Waals surface area contributed by atoms with Gasteiger partial charge in [0.25, 0.3) is 0 Å². The van der Waals surface area contributed by atoms with Crippen molar-refractivity contribution in [2.75, 3.05) is 0 Å². The minimum atomic E-state index is -0.784. The molecule has 1 aliphatic carbocycles. The predicted octanol–water partition coefficient (Wildman–Crippen LogP) is 3.32. The second-order valence-corrected chi connectivity index (χ2v) is 7.95. The molecule has 0 spiro atoms. The number of aliphatic hydroxyl groups excluding tert-OH is 3. The Bertz CT molecular complexity index is 600. The molecule has 0 radical (unpaired) electrons. The zero-order valence-corrected chi connectivity index (χ0v) is 16.5. The zero-order valence-electron chi connectivity index (χ0n) is 16.5. The van der Waals surface area contributed by atoms with Crippen molar-refractivity contribution >= 4 is 5.97 Å². The number of aryl methyl sites for hydroxylation is 1. The molecule has 156 valence electrons. The fourth-order valence-corrected chi connectivity index (χ4v) is 4.16. The van der Waals surface area contributed by atoms with Gasteiger partial charge in [-0.25, -0.2) is 0 Å². The van der Waals surface area contributed by atoms with E-state index >= 15 is 0 Å². The number of aliphatic carboxylic acids is 1. The van der Waals surface area contributed by atoms with Gasteiger partial charge in [-0.3, -0.25) is 4.79 Å². The standard InChI is InChI=1S/C23H34O5/c24-18(13-12-17-8-4-3-5-9-17)14-15-20-19(21(25)16-22(20)26)10-6-1-2-7-11-23(27)28/h1,3-6,8-9,18-22,24-26H,2,7,10-16H2,(H,27,28)/t18?,19-,20+,21+,22-/m1/s1. The summed E-state index contributed by atoms with van der Waals surface area (Å²) in [5.41, 5.74) is 1.21. The molecular formula is C23H34O5. The summed E-state index contributed by atoms with van der Waals surface area (Å²) in [4.78, 5) is 10.5. The van der Waals surface area contributed by atoms with Crippen LogP contribution in [-0.4, -0.2) is 44.7 Å². The Hall–Kier alpha value is -1.69. The van der Waals surface area contributed by atoms with E-state index in [1.165, 1.54) is 5.56 Å². The van der Waals surface area contributed by atoms with Gasteiger partial charge in [0, 0.05) is 6.42 Å². The first-order chi connectivity index (χ1) is 13.5. The van der Waals surface area contributed by atoms with Crippen molar-refractivity contribution in [1.29, 1.82) is 0 Å². The molecule has 1 aliphatic rings. The second kappa shape index (κ2) is 12.0. The third kappa shape index (κ3) is 7.74. The number of hydrogen-bond acceptors (Lipinski definition) is 4. The van der Waals surface area contributed by atoms with E-state index in [1.54, 1.807) is 0 Å². The molecule has 1 saturated carbocycles. The van der Waals surface area contributed by atoms with E-state index in [1.807, 2.05) is 30.4 Å². The molecule has 0 heterocycles. The number of carboxylic acid groups (broad SMARTS) is 1. The highest BCUT2D eigenvalue weighted by molar-refractivity contribution is 5.66. The lowest BCUT2D eigenvalue weighted by Crippen LogP contribution is -2.23. The molecule has 28 heavy (non-hydrogen) atoms. The van der Waals surface area contributed by atoms with Gasteiger partial charge < -0.3 is 20.4 Å². The smallest absolute Gasteiger partial charge is 0.303 e. The highest BCUT2D eigenvalue weighted by Gasteiger charge is 2.40. The average molecular weight is 391 g/mol. The summed E-state index contributed by atoms with van der Waals surface area (Å²) >= 11 is 0. The Morgan fingerprint density at radius 3 is 2.50 bits per heavy atom. The lowest BCUT2D eigenvalue weighted by atomic mass is 9.85. The maximum Gasteiger partial charge on any atom is 0.303 e. The molecule has 2 rings (SSSR count). The van der Waals surface area contributed by atoms with Gasteiger partial charge in [0.05, 0.1) is 18.3 Å². The zero-order chi connectivity index (χ0) is 20.4. The maximum atomic E-state index is 10.5. The van der Waals surface area contributed by atoms with Crippen LogP contribution < -0.4 is 0 Å². The normalized spacial score (nSPS) is 26.0. The molecule has 1 aromatic carbocycles. The summed E-state index contributed by atoms with van der Waals surface area (Å²) < 4.78 is 0. The van der Waals surface area contributed by atoms with Crippen molar-refractivity contribution in [3.8, 4) is 0 Å². The first kappa shape index (κ1) is 22.6. The fourth-order valence-electron chi connectivity index (χ4n) is 4.16. The molecule has 4 N–H and O–H groups in total. The molecule has 0 aromatic heterocycles. The van der Waals surface area contributed by atoms with Crippen LogP contribution in [-0.2, 0) is 11.2 Å². The van der Waals surface area contributed by atoms with Gasteiger partial charge in [0.1, 0.15) is 0 Å². The van der Waals surface area contributed by atoms with Gasteiger partial charge in [-0.2, -0.15) is 0 Å². The van der Waals surface area contributed by atoms with Crippen LogP contribution in [0.15, 0.2) is 42.5 Å². The van der Waals surface area contributed by atoms with Crippen LogP contribution in [0.3, 0.4) is 0 Å². The quantitative estimate of drug-likeness (QED) is 0.324. The minimum Gasteiger partial charge on any atom is -0.481 e. The van der Waals surface area contributed by atoms with Gasteiger partial charge in [-0.05, 0) is 68.8 Å². The third-order valence-electron chi connectivity index (χ3n) is 5.80. The molecule has 5 nitrogen and oxygen atoms in total. The van der Waals surface area contributed by atoms with E-state index in [-0.39, 0.29) is 18.3 Å². The van der Waals surface area contributed by atoms with Gasteiger partial charge in [0.15, 0.2) is 0 Å². The molecule has 0 bridgehead atoms. The first-order valence-corrected chi connectivity index (χ1v) is 10.4. The van der Waals surface area contributed by atoms with Crippen LogP contribution in [0, 0.1) is 11.8 Å². The second-order valence-electron chi connectivity index (χ2n) is 7.95. The van der Waals surface area contributed by atoms with Crippen LogP contribution in [0.4, 0.5) is 0 Å². The van der Waals surface area contributed by atoms with Crippen molar-refractivity contribution < 1.29 is 25.2 Å². The Morgan fingerprint density at radius 1 is 1.07 bits per heavy atom. The Kier molecular flexibility index (Phi) is 9.68. The molecule has 1 fully saturated rings. The van der Waals surface area contributed by atoms with Crippen LogP contribution in [0.2, 0.25) is 0 Å². The molecule has 0 aliphatic heterocycles. The van der Waals surface area contributed by atoms with Crippen molar-refractivity contribution in [2.45, 2.75) is 76.1 Å². The topological polar surface area (TPSA) is 98.0 Å². The molecule has 0 amide bonds. The molecule has 5 atom stereocenters. The molecule has 5 heteroatoms. The number of unbranched alkanes of at least 4 members (excludes halogenated alkanes) is 1. The maximum absolute atomic E-state index is 10.5. The van der Waals surface area contributed by atoms with Gasteiger partial charge >= 0.3 is 5.97 Å². The number of aliphatic hydroxyl groups is 3. The molecule has 1 aromatic rings. The van der Waals surface area contributed by atoms with Gasteiger partial charge in [-0.15, -0.1) is 0 Å². The first-order valence-electron chi connectivity index (χ1n) is 10.4. The van der Waals surface area contributed by atoms with E-state index in [0.29, 0.717) is 44.9 Å². The van der Waals surface area contributed by atoms with E-state index < -0.39 is 24.3 Å². The lowest BCUT2D eigenvalue weighted by molar-refractivity contribution is -0.137. The van der Waals surface area contributed by atoms with Crippen molar-refractivity contribution in [3.05, 3.63) is 48.0 Å². The number of carbonyl (C=O) groups is 1. The van der Waals surface area contributed by atoms with E-state index in [9.17, 15) is 20.1 Å².